The standard InChI is InChI=1S/C24H30N2O6S/c1-18(19-9-5-3-6-10-19)15-24(28)32-17-23(27)25-21-16-20(11-12-22(21)31-2)33(29,30)26-13-7-4-8-14-26/h3,5-6,9-12,16,18H,4,7-8,13-15,17H2,1-2H3,(H,25,27). The van der Waals surface area contributed by atoms with Crippen LogP contribution in [0.2, 0.25) is 0 Å². The number of esters is 1. The van der Waals surface area contributed by atoms with Crippen LogP contribution in [0, 0.1) is 0 Å². The fourth-order valence-electron chi connectivity index (χ4n) is 3.74. The number of carbonyl (C=O) groups excluding carboxylic acids is 2. The van der Waals surface area contributed by atoms with E-state index in [9.17, 15) is 18.0 Å². The van der Waals surface area contributed by atoms with Gasteiger partial charge in [-0.15, -0.1) is 0 Å². The van der Waals surface area contributed by atoms with Crippen LogP contribution in [0.3, 0.4) is 0 Å². The minimum absolute atomic E-state index is 0.0430. The van der Waals surface area contributed by atoms with Crippen molar-refractivity contribution in [2.75, 3.05) is 32.1 Å². The Labute approximate surface area is 194 Å². The number of hydrogen-bond acceptors (Lipinski definition) is 6. The van der Waals surface area contributed by atoms with Crippen LogP contribution >= 0.6 is 0 Å². The molecule has 0 aromatic heterocycles. The third-order valence-corrected chi connectivity index (χ3v) is 7.50. The van der Waals surface area contributed by atoms with Crippen molar-refractivity contribution in [2.24, 2.45) is 0 Å². The minimum Gasteiger partial charge on any atom is -0.495 e. The molecule has 1 fully saturated rings. The molecule has 0 aliphatic carbocycles. The van der Waals surface area contributed by atoms with E-state index in [0.717, 1.165) is 24.8 Å². The highest BCUT2D eigenvalue weighted by Crippen LogP contribution is 2.30. The summed E-state index contributed by atoms with van der Waals surface area (Å²) in [6, 6.07) is 13.9. The molecule has 0 radical (unpaired) electrons. The van der Waals surface area contributed by atoms with Crippen molar-refractivity contribution in [1.29, 1.82) is 0 Å². The highest BCUT2D eigenvalue weighted by atomic mass is 32.2. The van der Waals surface area contributed by atoms with E-state index in [-0.39, 0.29) is 22.9 Å². The summed E-state index contributed by atoms with van der Waals surface area (Å²) in [6.07, 6.45) is 2.81. The van der Waals surface area contributed by atoms with Gasteiger partial charge in [0.1, 0.15) is 5.75 Å². The van der Waals surface area contributed by atoms with Gasteiger partial charge in [0.25, 0.3) is 5.91 Å². The van der Waals surface area contributed by atoms with E-state index in [0.29, 0.717) is 18.8 Å². The Balaban J connectivity index is 1.61. The zero-order valence-corrected chi connectivity index (χ0v) is 19.8. The summed E-state index contributed by atoms with van der Waals surface area (Å²) in [5, 5.41) is 2.59. The Bertz CT molecular complexity index is 1070. The van der Waals surface area contributed by atoms with Crippen LogP contribution in [-0.4, -0.2) is 51.4 Å². The Hall–Kier alpha value is -2.91. The number of amides is 1. The first-order valence-corrected chi connectivity index (χ1v) is 12.4. The molecular weight excluding hydrogens is 444 g/mol. The number of benzene rings is 2. The third-order valence-electron chi connectivity index (χ3n) is 5.60. The van der Waals surface area contributed by atoms with Gasteiger partial charge in [0.2, 0.25) is 10.0 Å². The number of sulfonamides is 1. The number of hydrogen-bond donors (Lipinski definition) is 1. The van der Waals surface area contributed by atoms with Crippen LogP contribution in [0.25, 0.3) is 0 Å². The predicted octanol–water partition coefficient (Wildman–Crippen LogP) is 3.55. The monoisotopic (exact) mass is 474 g/mol. The SMILES string of the molecule is COc1ccc(S(=O)(=O)N2CCCCC2)cc1NC(=O)COC(=O)CC(C)c1ccccc1. The normalized spacial score (nSPS) is 15.5. The van der Waals surface area contributed by atoms with Crippen LogP contribution in [0.15, 0.2) is 53.4 Å². The van der Waals surface area contributed by atoms with Crippen molar-refractivity contribution in [3.05, 3.63) is 54.1 Å². The van der Waals surface area contributed by atoms with Crippen molar-refractivity contribution < 1.29 is 27.5 Å². The van der Waals surface area contributed by atoms with Crippen LogP contribution in [0.4, 0.5) is 5.69 Å². The van der Waals surface area contributed by atoms with E-state index < -0.39 is 28.5 Å². The number of methoxy groups -OCH3 is 1. The first-order valence-electron chi connectivity index (χ1n) is 11.0. The Kier molecular flexibility index (Phi) is 8.46. The van der Waals surface area contributed by atoms with Gasteiger partial charge in [-0.25, -0.2) is 8.42 Å². The van der Waals surface area contributed by atoms with Crippen LogP contribution in [0.5, 0.6) is 5.75 Å². The fourth-order valence-corrected chi connectivity index (χ4v) is 5.28. The van der Waals surface area contributed by atoms with Crippen molar-refractivity contribution in [1.82, 2.24) is 4.31 Å². The molecule has 1 aliphatic rings. The average Bonchev–Trinajstić information content (AvgIpc) is 2.83. The molecule has 2 aromatic rings. The minimum atomic E-state index is -3.67. The maximum absolute atomic E-state index is 13.0. The van der Waals surface area contributed by atoms with Gasteiger partial charge in [-0.3, -0.25) is 9.59 Å². The van der Waals surface area contributed by atoms with E-state index in [1.807, 2.05) is 37.3 Å². The Morgan fingerprint density at radius 1 is 1.06 bits per heavy atom. The molecule has 1 saturated heterocycles. The number of nitrogens with zero attached hydrogens (tertiary/aromatic N) is 1. The van der Waals surface area contributed by atoms with Gasteiger partial charge >= 0.3 is 5.97 Å². The number of carbonyl (C=O) groups is 2. The second kappa shape index (κ2) is 11.3. The van der Waals surface area contributed by atoms with Crippen molar-refractivity contribution in [3.8, 4) is 5.75 Å². The van der Waals surface area contributed by atoms with E-state index in [2.05, 4.69) is 5.32 Å². The zero-order valence-electron chi connectivity index (χ0n) is 19.0. The topological polar surface area (TPSA) is 102 Å². The van der Waals surface area contributed by atoms with E-state index in [1.165, 1.54) is 29.6 Å². The molecule has 8 nitrogen and oxygen atoms in total. The fraction of sp³-hybridized carbons (Fsp3) is 0.417. The van der Waals surface area contributed by atoms with Crippen LogP contribution < -0.4 is 10.1 Å². The van der Waals surface area contributed by atoms with Gasteiger partial charge in [-0.1, -0.05) is 43.7 Å². The maximum Gasteiger partial charge on any atom is 0.306 e. The molecule has 0 bridgehead atoms. The molecule has 1 aliphatic heterocycles. The molecule has 1 N–H and O–H groups in total. The molecule has 178 valence electrons. The largest absolute Gasteiger partial charge is 0.495 e. The lowest BCUT2D eigenvalue weighted by atomic mass is 9.98. The third kappa shape index (κ3) is 6.55. The molecule has 1 amide bonds. The van der Waals surface area contributed by atoms with Gasteiger partial charge in [0.15, 0.2) is 6.61 Å². The van der Waals surface area contributed by atoms with Gasteiger partial charge in [-0.05, 0) is 42.5 Å². The van der Waals surface area contributed by atoms with Gasteiger partial charge in [0, 0.05) is 13.1 Å². The second-order valence-corrected chi connectivity index (χ2v) is 9.99. The van der Waals surface area contributed by atoms with Gasteiger partial charge < -0.3 is 14.8 Å². The van der Waals surface area contributed by atoms with Crippen LogP contribution in [0.1, 0.15) is 44.1 Å². The summed E-state index contributed by atoms with van der Waals surface area (Å²) < 4.78 is 37.8. The summed E-state index contributed by atoms with van der Waals surface area (Å²) >= 11 is 0. The predicted molar refractivity (Wildman–Crippen MR) is 125 cm³/mol. The first-order chi connectivity index (χ1) is 15.8. The van der Waals surface area contributed by atoms with Gasteiger partial charge in [-0.2, -0.15) is 4.31 Å². The van der Waals surface area contributed by atoms with E-state index in [1.54, 1.807) is 0 Å². The first kappa shape index (κ1) is 24.7. The zero-order chi connectivity index (χ0) is 23.8. The van der Waals surface area contributed by atoms with Crippen molar-refractivity contribution in [3.63, 3.8) is 0 Å². The quantitative estimate of drug-likeness (QED) is 0.558. The molecule has 2 aromatic carbocycles. The number of rotatable bonds is 9. The molecule has 33 heavy (non-hydrogen) atoms. The van der Waals surface area contributed by atoms with Crippen LogP contribution in [-0.2, 0) is 24.3 Å². The molecule has 1 unspecified atom stereocenters. The second-order valence-electron chi connectivity index (χ2n) is 8.05. The summed E-state index contributed by atoms with van der Waals surface area (Å²) in [5.74, 6) is -0.806. The highest BCUT2D eigenvalue weighted by molar-refractivity contribution is 7.89. The smallest absolute Gasteiger partial charge is 0.306 e. The number of ether oxygens (including phenoxy) is 2. The summed E-state index contributed by atoms with van der Waals surface area (Å²) in [4.78, 5) is 24.6. The number of nitrogens with one attached hydrogen (secondary N) is 1. The molecule has 3 rings (SSSR count). The van der Waals surface area contributed by atoms with E-state index >= 15 is 0 Å². The van der Waals surface area contributed by atoms with Gasteiger partial charge in [0.05, 0.1) is 24.1 Å². The number of piperidine rings is 1. The molecule has 1 atom stereocenters. The Morgan fingerprint density at radius 2 is 1.76 bits per heavy atom. The highest BCUT2D eigenvalue weighted by Gasteiger charge is 2.27. The molecule has 1 heterocycles. The van der Waals surface area contributed by atoms with E-state index in [4.69, 9.17) is 9.47 Å². The lowest BCUT2D eigenvalue weighted by Gasteiger charge is -2.26. The summed E-state index contributed by atoms with van der Waals surface area (Å²) in [7, 11) is -2.24. The molecule has 0 saturated carbocycles. The van der Waals surface area contributed by atoms with Crippen molar-refractivity contribution >= 4 is 27.6 Å². The number of anilines is 1. The maximum atomic E-state index is 13.0. The summed E-state index contributed by atoms with van der Waals surface area (Å²) in [5.41, 5.74) is 1.21. The molecule has 0 spiro atoms. The molecular formula is C24H30N2O6S. The molecule has 9 heteroatoms. The Morgan fingerprint density at radius 3 is 2.42 bits per heavy atom. The summed E-state index contributed by atoms with van der Waals surface area (Å²) in [6.45, 7) is 2.39. The lowest BCUT2D eigenvalue weighted by molar-refractivity contribution is -0.147. The average molecular weight is 475 g/mol. The van der Waals surface area contributed by atoms with Crippen molar-refractivity contribution in [2.45, 2.75) is 43.4 Å². The lowest BCUT2D eigenvalue weighted by Crippen LogP contribution is -2.35.